The largest absolute Gasteiger partial charge is 0.493 e. The van der Waals surface area contributed by atoms with E-state index in [0.29, 0.717) is 15.4 Å². The van der Waals surface area contributed by atoms with Crippen molar-refractivity contribution in [1.82, 2.24) is 9.99 Å². The Morgan fingerprint density at radius 2 is 2.19 bits per heavy atom. The Morgan fingerprint density at radius 1 is 1.48 bits per heavy atom. The molecule has 0 unspecified atom stereocenters. The molecule has 0 aliphatic rings. The molecule has 0 saturated heterocycles. The van der Waals surface area contributed by atoms with E-state index < -0.39 is 0 Å². The van der Waals surface area contributed by atoms with Crippen LogP contribution >= 0.6 is 23.6 Å². The van der Waals surface area contributed by atoms with Gasteiger partial charge in [-0.2, -0.15) is 5.10 Å². The fraction of sp³-hybridized carbons (Fsp3) is 0.214. The number of thiazole rings is 1. The highest BCUT2D eigenvalue weighted by Crippen LogP contribution is 2.24. The predicted octanol–water partition coefficient (Wildman–Crippen LogP) is 2.70. The maximum absolute atomic E-state index is 10.7. The van der Waals surface area contributed by atoms with Gasteiger partial charge in [0.2, 0.25) is 11.8 Å². The first-order valence-electron chi connectivity index (χ1n) is 6.34. The van der Waals surface area contributed by atoms with Crippen LogP contribution in [-0.4, -0.2) is 21.8 Å². The number of nitrogens with one attached hydrogen (secondary N) is 1. The van der Waals surface area contributed by atoms with Gasteiger partial charge in [-0.25, -0.2) is 5.43 Å². The van der Waals surface area contributed by atoms with E-state index in [1.54, 1.807) is 4.57 Å². The third kappa shape index (κ3) is 4.24. The van der Waals surface area contributed by atoms with Gasteiger partial charge >= 0.3 is 0 Å². The zero-order valence-corrected chi connectivity index (χ0v) is 13.1. The summed E-state index contributed by atoms with van der Waals surface area (Å²) in [6.45, 7) is 1.96. The number of aromatic hydroxyl groups is 1. The number of benzene rings is 1. The number of carbonyl (C=O) groups excluding carboxylic acids is 1. The van der Waals surface area contributed by atoms with Gasteiger partial charge in [0.05, 0.1) is 6.21 Å². The summed E-state index contributed by atoms with van der Waals surface area (Å²) in [5.74, 6) is -0.187. The van der Waals surface area contributed by atoms with Crippen LogP contribution in [-0.2, 0) is 17.8 Å². The van der Waals surface area contributed by atoms with E-state index in [2.05, 4.69) is 10.5 Å². The van der Waals surface area contributed by atoms with Crippen LogP contribution in [0.1, 0.15) is 17.4 Å². The summed E-state index contributed by atoms with van der Waals surface area (Å²) < 4.78 is 2.25. The molecule has 0 aliphatic heterocycles. The van der Waals surface area contributed by atoms with Crippen molar-refractivity contribution < 1.29 is 9.90 Å². The number of aryl methyl sites for hydroxylation is 1. The molecule has 1 aromatic carbocycles. The zero-order valence-electron chi connectivity index (χ0n) is 11.4. The van der Waals surface area contributed by atoms with E-state index in [9.17, 15) is 9.90 Å². The first-order chi connectivity index (χ1) is 10.1. The smallest absolute Gasteiger partial charge is 0.236 e. The molecule has 0 atom stereocenters. The molecule has 1 heterocycles. The van der Waals surface area contributed by atoms with E-state index in [0.717, 1.165) is 6.42 Å². The molecule has 0 saturated carbocycles. The van der Waals surface area contributed by atoms with Crippen LogP contribution in [0.4, 0.5) is 0 Å². The fourth-order valence-electron chi connectivity index (χ4n) is 1.76. The van der Waals surface area contributed by atoms with Crippen molar-refractivity contribution >= 4 is 35.7 Å². The second kappa shape index (κ2) is 7.14. The number of hydrogen-bond acceptors (Lipinski definition) is 5. The average molecular weight is 321 g/mol. The number of nitrogens with zero attached hydrogens (tertiary/aromatic N) is 2. The monoisotopic (exact) mass is 321 g/mol. The van der Waals surface area contributed by atoms with Crippen LogP contribution in [0, 0.1) is 3.95 Å². The van der Waals surface area contributed by atoms with E-state index in [-0.39, 0.29) is 11.8 Å². The van der Waals surface area contributed by atoms with Crippen LogP contribution in [0.25, 0.3) is 0 Å². The lowest BCUT2D eigenvalue weighted by molar-refractivity contribution is -0.118. The Labute approximate surface area is 131 Å². The Balaban J connectivity index is 2.10. The molecule has 1 amide bonds. The highest BCUT2D eigenvalue weighted by molar-refractivity contribution is 7.73. The number of rotatable bonds is 5. The average Bonchev–Trinajstić information content (AvgIpc) is 2.72. The van der Waals surface area contributed by atoms with Gasteiger partial charge in [-0.1, -0.05) is 41.7 Å². The highest BCUT2D eigenvalue weighted by Gasteiger charge is 2.10. The quantitative estimate of drug-likeness (QED) is 0.505. The minimum atomic E-state index is -0.266. The minimum Gasteiger partial charge on any atom is -0.493 e. The van der Waals surface area contributed by atoms with Gasteiger partial charge < -0.3 is 5.11 Å². The lowest BCUT2D eigenvalue weighted by Gasteiger charge is -2.04. The van der Waals surface area contributed by atoms with Gasteiger partial charge in [-0.3, -0.25) is 9.36 Å². The first kappa shape index (κ1) is 15.4. The van der Waals surface area contributed by atoms with E-state index in [1.807, 2.05) is 30.3 Å². The molecule has 5 nitrogen and oxygen atoms in total. The van der Waals surface area contributed by atoms with Crippen LogP contribution < -0.4 is 5.43 Å². The number of aromatic nitrogens is 1. The number of hydrazone groups is 1. The third-order valence-electron chi connectivity index (χ3n) is 2.76. The number of carbonyl (C=O) groups is 1. The molecule has 0 radical (unpaired) electrons. The van der Waals surface area contributed by atoms with Gasteiger partial charge in [-0.05, 0) is 24.2 Å². The van der Waals surface area contributed by atoms with Crippen LogP contribution in [0.15, 0.2) is 35.4 Å². The molecule has 0 fully saturated rings. The molecule has 0 spiro atoms. The number of hydrogen-bond donors (Lipinski definition) is 2. The molecule has 0 aliphatic carbocycles. The van der Waals surface area contributed by atoms with Crippen molar-refractivity contribution in [2.24, 2.45) is 5.10 Å². The van der Waals surface area contributed by atoms with E-state index >= 15 is 0 Å². The summed E-state index contributed by atoms with van der Waals surface area (Å²) in [6.07, 6.45) is 2.18. The first-order valence-corrected chi connectivity index (χ1v) is 7.56. The van der Waals surface area contributed by atoms with Gasteiger partial charge in [-0.15, -0.1) is 0 Å². The maximum Gasteiger partial charge on any atom is 0.236 e. The highest BCUT2D eigenvalue weighted by atomic mass is 32.1. The molecule has 7 heteroatoms. The second-order valence-corrected chi connectivity index (χ2v) is 6.05. The van der Waals surface area contributed by atoms with Gasteiger partial charge in [0.15, 0.2) is 3.95 Å². The summed E-state index contributed by atoms with van der Waals surface area (Å²) in [4.78, 5) is 11.3. The van der Waals surface area contributed by atoms with Gasteiger partial charge in [0, 0.05) is 13.5 Å². The SMILES string of the molecule is CC(=O)NN=Cc1sc(=S)n(CCc2ccccc2)c1O. The lowest BCUT2D eigenvalue weighted by atomic mass is 10.1. The van der Waals surface area contributed by atoms with Gasteiger partial charge in [0.1, 0.15) is 4.88 Å². The standard InChI is InChI=1S/C14H15N3O2S2/c1-10(18)16-15-9-12-13(19)17(14(20)21-12)8-7-11-5-3-2-4-6-11/h2-6,9,19H,7-8H2,1H3,(H,16,18). The van der Waals surface area contributed by atoms with Gasteiger partial charge in [0.25, 0.3) is 0 Å². The Bertz CT molecular complexity index is 705. The Hall–Kier alpha value is -1.99. The predicted molar refractivity (Wildman–Crippen MR) is 86.4 cm³/mol. The summed E-state index contributed by atoms with van der Waals surface area (Å²) in [5, 5.41) is 13.9. The molecule has 2 aromatic rings. The molecular weight excluding hydrogens is 306 g/mol. The van der Waals surface area contributed by atoms with Crippen LogP contribution in [0.2, 0.25) is 0 Å². The van der Waals surface area contributed by atoms with Crippen molar-refractivity contribution in [3.8, 4) is 5.88 Å². The van der Waals surface area contributed by atoms with Crippen molar-refractivity contribution in [3.05, 3.63) is 44.7 Å². The molecule has 2 N–H and O–H groups in total. The summed E-state index contributed by atoms with van der Waals surface area (Å²) in [5.41, 5.74) is 3.47. The third-order valence-corrected chi connectivity index (χ3v) is 4.14. The lowest BCUT2D eigenvalue weighted by Crippen LogP contribution is -2.12. The zero-order chi connectivity index (χ0) is 15.2. The maximum atomic E-state index is 10.7. The normalized spacial score (nSPS) is 10.9. The van der Waals surface area contributed by atoms with Crippen LogP contribution in [0.5, 0.6) is 5.88 Å². The minimum absolute atomic E-state index is 0.0787. The van der Waals surface area contributed by atoms with Crippen molar-refractivity contribution in [2.75, 3.05) is 0 Å². The van der Waals surface area contributed by atoms with Crippen molar-refractivity contribution in [2.45, 2.75) is 19.9 Å². The second-order valence-electron chi connectivity index (χ2n) is 4.37. The topological polar surface area (TPSA) is 66.6 Å². The molecule has 2 rings (SSSR count). The van der Waals surface area contributed by atoms with Crippen molar-refractivity contribution in [3.63, 3.8) is 0 Å². The molecule has 1 aromatic heterocycles. The number of amides is 1. The molecule has 21 heavy (non-hydrogen) atoms. The summed E-state index contributed by atoms with van der Waals surface area (Å²) in [7, 11) is 0. The molecule has 110 valence electrons. The Kier molecular flexibility index (Phi) is 5.24. The summed E-state index contributed by atoms with van der Waals surface area (Å²) in [6, 6.07) is 9.99. The van der Waals surface area contributed by atoms with E-state index in [1.165, 1.54) is 30.0 Å². The van der Waals surface area contributed by atoms with Crippen LogP contribution in [0.3, 0.4) is 0 Å². The Morgan fingerprint density at radius 3 is 2.86 bits per heavy atom. The molecule has 0 bridgehead atoms. The molecular formula is C14H15N3O2S2. The van der Waals surface area contributed by atoms with E-state index in [4.69, 9.17) is 12.2 Å². The van der Waals surface area contributed by atoms with Crippen molar-refractivity contribution in [1.29, 1.82) is 0 Å². The summed E-state index contributed by atoms with van der Waals surface area (Å²) >= 11 is 6.51. The fourth-order valence-corrected chi connectivity index (χ4v) is 2.99.